The number of Topliss-reactive ketones (excluding diaryl/α,β-unsaturated/α-hetero) is 1. The largest absolute Gasteiger partial charge is 0.508 e. The smallest absolute Gasteiger partial charge is 0.178 e. The number of carbonyl (C=O) groups is 1. The number of rotatable bonds is 3. The van der Waals surface area contributed by atoms with Crippen LogP contribution in [0.5, 0.6) is 5.75 Å². The van der Waals surface area contributed by atoms with Crippen LogP contribution in [-0.2, 0) is 0 Å². The zero-order chi connectivity index (χ0) is 15.6. The van der Waals surface area contributed by atoms with Gasteiger partial charge in [-0.3, -0.25) is 9.79 Å². The Kier molecular flexibility index (Phi) is 4.17. The highest BCUT2D eigenvalue weighted by molar-refractivity contribution is 6.00. The number of ketones is 1. The van der Waals surface area contributed by atoms with Crippen molar-refractivity contribution >= 4 is 17.2 Å². The summed E-state index contributed by atoms with van der Waals surface area (Å²) in [5.74, 6) is 0.167. The van der Waals surface area contributed by atoms with Crippen LogP contribution in [0, 0.1) is 13.8 Å². The van der Waals surface area contributed by atoms with Crippen molar-refractivity contribution in [2.24, 2.45) is 4.99 Å². The van der Waals surface area contributed by atoms with Gasteiger partial charge in [-0.05, 0) is 56.2 Å². The van der Waals surface area contributed by atoms with Crippen molar-refractivity contribution in [2.75, 3.05) is 0 Å². The monoisotopic (exact) mass is 282 g/mol. The number of benzene rings is 1. The molecule has 1 aromatic carbocycles. The summed E-state index contributed by atoms with van der Waals surface area (Å²) in [4.78, 5) is 20.3. The standard InChI is InChI=1S/C17H18N2O2/c1-10-8-14(21)9-11(2)17(10)18-12(3)15-6-5-7-16(19-15)13(4)20/h5-9,21H,1-4H3. The highest BCUT2D eigenvalue weighted by Gasteiger charge is 2.08. The fourth-order valence-electron chi connectivity index (χ4n) is 2.17. The number of hydrogen-bond acceptors (Lipinski definition) is 4. The molecule has 0 radical (unpaired) electrons. The second kappa shape index (κ2) is 5.87. The normalized spacial score (nSPS) is 11.5. The maximum absolute atomic E-state index is 11.4. The van der Waals surface area contributed by atoms with E-state index in [1.807, 2.05) is 26.8 Å². The quantitative estimate of drug-likeness (QED) is 0.689. The van der Waals surface area contributed by atoms with Crippen molar-refractivity contribution in [3.05, 3.63) is 52.8 Å². The van der Waals surface area contributed by atoms with E-state index in [1.54, 1.807) is 24.3 Å². The van der Waals surface area contributed by atoms with Gasteiger partial charge in [-0.1, -0.05) is 6.07 Å². The first kappa shape index (κ1) is 14.9. The second-order valence-corrected chi connectivity index (χ2v) is 5.09. The first-order valence-electron chi connectivity index (χ1n) is 6.72. The molecule has 0 aliphatic rings. The van der Waals surface area contributed by atoms with Gasteiger partial charge in [0.2, 0.25) is 0 Å². The van der Waals surface area contributed by atoms with Gasteiger partial charge in [-0.15, -0.1) is 0 Å². The molecular weight excluding hydrogens is 264 g/mol. The lowest BCUT2D eigenvalue weighted by atomic mass is 10.1. The zero-order valence-electron chi connectivity index (χ0n) is 12.6. The second-order valence-electron chi connectivity index (χ2n) is 5.09. The van der Waals surface area contributed by atoms with Crippen LogP contribution < -0.4 is 0 Å². The lowest BCUT2D eigenvalue weighted by molar-refractivity contribution is 0.101. The molecule has 1 heterocycles. The van der Waals surface area contributed by atoms with Crippen molar-refractivity contribution in [1.82, 2.24) is 4.98 Å². The first-order chi connectivity index (χ1) is 9.88. The average Bonchev–Trinajstić information content (AvgIpc) is 2.42. The minimum absolute atomic E-state index is 0.0679. The van der Waals surface area contributed by atoms with E-state index >= 15 is 0 Å². The Morgan fingerprint density at radius 1 is 1.10 bits per heavy atom. The lowest BCUT2D eigenvalue weighted by Gasteiger charge is -2.08. The van der Waals surface area contributed by atoms with E-state index in [2.05, 4.69) is 9.98 Å². The molecule has 0 saturated carbocycles. The Morgan fingerprint density at radius 2 is 1.67 bits per heavy atom. The predicted molar refractivity (Wildman–Crippen MR) is 83.7 cm³/mol. The van der Waals surface area contributed by atoms with Crippen LogP contribution in [0.4, 0.5) is 5.69 Å². The number of hydrogen-bond donors (Lipinski definition) is 1. The average molecular weight is 282 g/mol. The minimum atomic E-state index is -0.0679. The molecule has 0 saturated heterocycles. The molecule has 1 aromatic heterocycles. The van der Waals surface area contributed by atoms with Crippen LogP contribution >= 0.6 is 0 Å². The van der Waals surface area contributed by atoms with E-state index in [1.165, 1.54) is 6.92 Å². The minimum Gasteiger partial charge on any atom is -0.508 e. The predicted octanol–water partition coefficient (Wildman–Crippen LogP) is 3.75. The van der Waals surface area contributed by atoms with Gasteiger partial charge in [0, 0.05) is 6.92 Å². The molecule has 0 aliphatic heterocycles. The molecule has 0 spiro atoms. The third kappa shape index (κ3) is 3.34. The van der Waals surface area contributed by atoms with E-state index in [-0.39, 0.29) is 11.5 Å². The third-order valence-corrected chi connectivity index (χ3v) is 3.24. The van der Waals surface area contributed by atoms with E-state index in [9.17, 15) is 9.90 Å². The number of phenolic OH excluding ortho intramolecular Hbond substituents is 1. The van der Waals surface area contributed by atoms with Crippen LogP contribution in [0.15, 0.2) is 35.3 Å². The van der Waals surface area contributed by atoms with Gasteiger partial charge < -0.3 is 5.11 Å². The molecule has 0 aliphatic carbocycles. The number of aromatic hydroxyl groups is 1. The maximum atomic E-state index is 11.4. The van der Waals surface area contributed by atoms with Crippen molar-refractivity contribution in [3.63, 3.8) is 0 Å². The summed E-state index contributed by atoms with van der Waals surface area (Å²) < 4.78 is 0. The summed E-state index contributed by atoms with van der Waals surface area (Å²) >= 11 is 0. The summed E-state index contributed by atoms with van der Waals surface area (Å²) in [7, 11) is 0. The number of nitrogens with zero attached hydrogens (tertiary/aromatic N) is 2. The molecule has 2 aromatic rings. The molecule has 0 amide bonds. The molecule has 0 fully saturated rings. The molecular formula is C17H18N2O2. The number of carbonyl (C=O) groups excluding carboxylic acids is 1. The van der Waals surface area contributed by atoms with E-state index in [0.29, 0.717) is 11.4 Å². The Balaban J connectivity index is 2.47. The molecule has 4 heteroatoms. The van der Waals surface area contributed by atoms with Gasteiger partial charge in [0.25, 0.3) is 0 Å². The van der Waals surface area contributed by atoms with E-state index < -0.39 is 0 Å². The van der Waals surface area contributed by atoms with Gasteiger partial charge in [-0.25, -0.2) is 4.98 Å². The highest BCUT2D eigenvalue weighted by atomic mass is 16.3. The van der Waals surface area contributed by atoms with Crippen molar-refractivity contribution in [3.8, 4) is 5.75 Å². The summed E-state index contributed by atoms with van der Waals surface area (Å²) in [5, 5.41) is 9.57. The first-order valence-corrected chi connectivity index (χ1v) is 6.72. The van der Waals surface area contributed by atoms with Crippen LogP contribution in [-0.4, -0.2) is 21.6 Å². The topological polar surface area (TPSA) is 62.5 Å². The summed E-state index contributed by atoms with van der Waals surface area (Å²) in [6, 6.07) is 8.68. The maximum Gasteiger partial charge on any atom is 0.178 e. The Hall–Kier alpha value is -2.49. The Labute approximate surface area is 124 Å². The Bertz CT molecular complexity index is 710. The molecule has 4 nitrogen and oxygen atoms in total. The molecule has 0 bridgehead atoms. The third-order valence-electron chi connectivity index (χ3n) is 3.24. The number of aromatic nitrogens is 1. The SMILES string of the molecule is CC(=O)c1cccc(C(C)=Nc2c(C)cc(O)cc2C)n1. The van der Waals surface area contributed by atoms with Gasteiger partial charge >= 0.3 is 0 Å². The van der Waals surface area contributed by atoms with E-state index in [4.69, 9.17) is 0 Å². The lowest BCUT2D eigenvalue weighted by Crippen LogP contribution is -2.04. The fraction of sp³-hybridized carbons (Fsp3) is 0.235. The number of phenols is 1. The number of aryl methyl sites for hydroxylation is 2. The number of pyridine rings is 1. The van der Waals surface area contributed by atoms with Gasteiger partial charge in [0.15, 0.2) is 5.78 Å². The molecule has 108 valence electrons. The molecule has 1 N–H and O–H groups in total. The molecule has 21 heavy (non-hydrogen) atoms. The zero-order valence-corrected chi connectivity index (χ0v) is 12.6. The molecule has 2 rings (SSSR count). The highest BCUT2D eigenvalue weighted by Crippen LogP contribution is 2.28. The van der Waals surface area contributed by atoms with Crippen molar-refractivity contribution in [2.45, 2.75) is 27.7 Å². The van der Waals surface area contributed by atoms with Crippen LogP contribution in [0.3, 0.4) is 0 Å². The van der Waals surface area contributed by atoms with Crippen molar-refractivity contribution < 1.29 is 9.90 Å². The van der Waals surface area contributed by atoms with Crippen molar-refractivity contribution in [1.29, 1.82) is 0 Å². The molecule has 0 unspecified atom stereocenters. The number of aliphatic imine (C=N–C) groups is 1. The van der Waals surface area contributed by atoms with E-state index in [0.717, 1.165) is 22.5 Å². The fourth-order valence-corrected chi connectivity index (χ4v) is 2.17. The van der Waals surface area contributed by atoms with Crippen LogP contribution in [0.1, 0.15) is 41.2 Å². The summed E-state index contributed by atoms with van der Waals surface area (Å²) in [6.45, 7) is 7.15. The van der Waals surface area contributed by atoms with Gasteiger partial charge in [0.1, 0.15) is 11.4 Å². The van der Waals surface area contributed by atoms with Gasteiger partial charge in [0.05, 0.1) is 17.1 Å². The van der Waals surface area contributed by atoms with Gasteiger partial charge in [-0.2, -0.15) is 0 Å². The van der Waals surface area contributed by atoms with Crippen LogP contribution in [0.25, 0.3) is 0 Å². The summed E-state index contributed by atoms with van der Waals surface area (Å²) in [5.41, 5.74) is 4.45. The summed E-state index contributed by atoms with van der Waals surface area (Å²) in [6.07, 6.45) is 0. The van der Waals surface area contributed by atoms with Crippen LogP contribution in [0.2, 0.25) is 0 Å². The molecule has 0 atom stereocenters. The Morgan fingerprint density at radius 3 is 2.24 bits per heavy atom.